The molecule has 0 radical (unpaired) electrons. The van der Waals surface area contributed by atoms with E-state index in [1.165, 1.54) is 30.5 Å². The molecule has 138 valence electrons. The lowest BCUT2D eigenvalue weighted by Gasteiger charge is -2.10. The van der Waals surface area contributed by atoms with E-state index in [0.29, 0.717) is 5.56 Å². The fourth-order valence-electron chi connectivity index (χ4n) is 2.29. The third-order valence-electron chi connectivity index (χ3n) is 3.69. The number of halogens is 4. The van der Waals surface area contributed by atoms with Gasteiger partial charge in [0, 0.05) is 18.3 Å². The van der Waals surface area contributed by atoms with Crippen molar-refractivity contribution in [1.82, 2.24) is 10.3 Å². The number of rotatable bonds is 5. The zero-order chi connectivity index (χ0) is 19.4. The summed E-state index contributed by atoms with van der Waals surface area (Å²) in [6.45, 7) is 0.183. The number of pyridine rings is 1. The summed E-state index contributed by atoms with van der Waals surface area (Å²) in [4.78, 5) is 16.2. The number of nitrogens with zero attached hydrogens (tertiary/aromatic N) is 1. The molecule has 1 heterocycles. The minimum Gasteiger partial charge on any atom is -0.348 e. The molecule has 3 aromatic rings. The fourth-order valence-corrected chi connectivity index (χ4v) is 2.29. The van der Waals surface area contributed by atoms with Gasteiger partial charge in [0.1, 0.15) is 11.6 Å². The Balaban J connectivity index is 1.70. The predicted octanol–water partition coefficient (Wildman–Crippen LogP) is 4.31. The SMILES string of the molecule is O=C(NCc1ccc(F)cc1)c1ccnc(Nc2ccc(F)c(F)c2F)c1. The average molecular weight is 375 g/mol. The van der Waals surface area contributed by atoms with Crippen molar-refractivity contribution in [2.45, 2.75) is 6.54 Å². The Bertz CT molecular complexity index is 977. The van der Waals surface area contributed by atoms with Gasteiger partial charge in [0.15, 0.2) is 17.5 Å². The lowest BCUT2D eigenvalue weighted by molar-refractivity contribution is 0.0951. The number of carbonyl (C=O) groups excluding carboxylic acids is 1. The molecule has 0 aliphatic rings. The van der Waals surface area contributed by atoms with Crippen LogP contribution in [0.1, 0.15) is 15.9 Å². The number of benzene rings is 2. The average Bonchev–Trinajstić information content (AvgIpc) is 2.68. The highest BCUT2D eigenvalue weighted by Crippen LogP contribution is 2.23. The molecule has 4 nitrogen and oxygen atoms in total. The van der Waals surface area contributed by atoms with Gasteiger partial charge in [-0.25, -0.2) is 22.5 Å². The Morgan fingerprint density at radius 1 is 0.926 bits per heavy atom. The summed E-state index contributed by atoms with van der Waals surface area (Å²) >= 11 is 0. The van der Waals surface area contributed by atoms with Gasteiger partial charge < -0.3 is 10.6 Å². The van der Waals surface area contributed by atoms with Crippen molar-refractivity contribution in [2.75, 3.05) is 5.32 Å². The van der Waals surface area contributed by atoms with E-state index in [9.17, 15) is 22.4 Å². The first-order chi connectivity index (χ1) is 12.9. The Morgan fingerprint density at radius 3 is 2.41 bits per heavy atom. The molecule has 8 heteroatoms. The van der Waals surface area contributed by atoms with Crippen molar-refractivity contribution >= 4 is 17.4 Å². The second kappa shape index (κ2) is 7.86. The standard InChI is InChI=1S/C19H13F4N3O/c20-13-3-1-11(2-4-13)10-25-19(27)12-7-8-24-16(9-12)26-15-6-5-14(21)17(22)18(15)23/h1-9H,10H2,(H,24,26)(H,25,27). The van der Waals surface area contributed by atoms with Crippen molar-refractivity contribution in [2.24, 2.45) is 0 Å². The lowest BCUT2D eigenvalue weighted by atomic mass is 10.2. The molecule has 0 saturated heterocycles. The maximum absolute atomic E-state index is 13.7. The van der Waals surface area contributed by atoms with E-state index in [1.807, 2.05) is 0 Å². The number of carbonyl (C=O) groups is 1. The van der Waals surface area contributed by atoms with E-state index in [-0.39, 0.29) is 29.4 Å². The van der Waals surface area contributed by atoms with E-state index in [1.54, 1.807) is 12.1 Å². The van der Waals surface area contributed by atoms with Gasteiger partial charge in [0.2, 0.25) is 0 Å². The van der Waals surface area contributed by atoms with Crippen LogP contribution in [0.2, 0.25) is 0 Å². The van der Waals surface area contributed by atoms with Gasteiger partial charge in [-0.1, -0.05) is 12.1 Å². The van der Waals surface area contributed by atoms with Crippen LogP contribution in [0.25, 0.3) is 0 Å². The molecule has 3 rings (SSSR count). The smallest absolute Gasteiger partial charge is 0.251 e. The Hall–Kier alpha value is -3.42. The zero-order valence-corrected chi connectivity index (χ0v) is 13.8. The van der Waals surface area contributed by atoms with Crippen LogP contribution in [0.15, 0.2) is 54.7 Å². The summed E-state index contributed by atoms with van der Waals surface area (Å²) in [7, 11) is 0. The topological polar surface area (TPSA) is 54.0 Å². The van der Waals surface area contributed by atoms with Crippen LogP contribution < -0.4 is 10.6 Å². The summed E-state index contributed by atoms with van der Waals surface area (Å²) in [5.74, 6) is -5.03. The van der Waals surface area contributed by atoms with E-state index < -0.39 is 23.4 Å². The molecule has 2 aromatic carbocycles. The maximum atomic E-state index is 13.7. The van der Waals surface area contributed by atoms with Crippen molar-refractivity contribution < 1.29 is 22.4 Å². The third kappa shape index (κ3) is 4.41. The normalized spacial score (nSPS) is 10.5. The number of aromatic nitrogens is 1. The van der Waals surface area contributed by atoms with E-state index in [4.69, 9.17) is 0 Å². The molecular formula is C19H13F4N3O. The van der Waals surface area contributed by atoms with Crippen LogP contribution in [0.3, 0.4) is 0 Å². The monoisotopic (exact) mass is 375 g/mol. The molecule has 27 heavy (non-hydrogen) atoms. The number of hydrogen-bond donors (Lipinski definition) is 2. The fraction of sp³-hybridized carbons (Fsp3) is 0.0526. The van der Waals surface area contributed by atoms with Gasteiger partial charge in [-0.05, 0) is 42.0 Å². The molecule has 0 aliphatic carbocycles. The Labute approximate surface area is 151 Å². The minimum absolute atomic E-state index is 0.0781. The number of nitrogens with one attached hydrogen (secondary N) is 2. The van der Waals surface area contributed by atoms with E-state index in [2.05, 4.69) is 15.6 Å². The summed E-state index contributed by atoms with van der Waals surface area (Å²) < 4.78 is 52.9. The number of hydrogen-bond acceptors (Lipinski definition) is 3. The lowest BCUT2D eigenvalue weighted by Crippen LogP contribution is -2.22. The Kier molecular flexibility index (Phi) is 5.35. The highest BCUT2D eigenvalue weighted by Gasteiger charge is 2.14. The zero-order valence-electron chi connectivity index (χ0n) is 13.8. The summed E-state index contributed by atoms with van der Waals surface area (Å²) in [5, 5.41) is 5.15. The van der Waals surface area contributed by atoms with Crippen molar-refractivity contribution in [3.63, 3.8) is 0 Å². The van der Waals surface area contributed by atoms with Gasteiger partial charge in [-0.3, -0.25) is 4.79 Å². The summed E-state index contributed by atoms with van der Waals surface area (Å²) in [6.07, 6.45) is 1.31. The van der Waals surface area contributed by atoms with E-state index >= 15 is 0 Å². The molecule has 0 bridgehead atoms. The van der Waals surface area contributed by atoms with Gasteiger partial charge in [0.25, 0.3) is 5.91 Å². The molecule has 0 aliphatic heterocycles. The van der Waals surface area contributed by atoms with Gasteiger partial charge in [-0.2, -0.15) is 0 Å². The molecule has 1 aromatic heterocycles. The largest absolute Gasteiger partial charge is 0.348 e. The Morgan fingerprint density at radius 2 is 1.67 bits per heavy atom. The van der Waals surface area contributed by atoms with Crippen LogP contribution in [0.5, 0.6) is 0 Å². The summed E-state index contributed by atoms with van der Waals surface area (Å²) in [6, 6.07) is 10.2. The predicted molar refractivity (Wildman–Crippen MR) is 91.4 cm³/mol. The van der Waals surface area contributed by atoms with Crippen molar-refractivity contribution in [1.29, 1.82) is 0 Å². The molecule has 0 unspecified atom stereocenters. The van der Waals surface area contributed by atoms with Crippen LogP contribution in [-0.2, 0) is 6.54 Å². The first kappa shape index (κ1) is 18.4. The first-order valence-electron chi connectivity index (χ1n) is 7.83. The molecule has 1 amide bonds. The van der Waals surface area contributed by atoms with Crippen molar-refractivity contribution in [3.8, 4) is 0 Å². The molecule has 0 saturated carbocycles. The van der Waals surface area contributed by atoms with Crippen LogP contribution in [0, 0.1) is 23.3 Å². The second-order valence-corrected chi connectivity index (χ2v) is 5.59. The quantitative estimate of drug-likeness (QED) is 0.516. The molecule has 0 atom stereocenters. The van der Waals surface area contributed by atoms with Gasteiger partial charge in [0.05, 0.1) is 5.69 Å². The number of amides is 1. The van der Waals surface area contributed by atoms with Crippen molar-refractivity contribution in [3.05, 3.63) is 89.1 Å². The highest BCUT2D eigenvalue weighted by atomic mass is 19.2. The highest BCUT2D eigenvalue weighted by molar-refractivity contribution is 5.94. The van der Waals surface area contributed by atoms with Gasteiger partial charge >= 0.3 is 0 Å². The molecule has 0 fully saturated rings. The third-order valence-corrected chi connectivity index (χ3v) is 3.69. The minimum atomic E-state index is -1.60. The summed E-state index contributed by atoms with van der Waals surface area (Å²) in [5.41, 5.74) is 0.615. The van der Waals surface area contributed by atoms with E-state index in [0.717, 1.165) is 12.1 Å². The number of anilines is 2. The molecule has 0 spiro atoms. The van der Waals surface area contributed by atoms with Crippen LogP contribution >= 0.6 is 0 Å². The first-order valence-corrected chi connectivity index (χ1v) is 7.83. The molecular weight excluding hydrogens is 362 g/mol. The second-order valence-electron chi connectivity index (χ2n) is 5.59. The van der Waals surface area contributed by atoms with Gasteiger partial charge in [-0.15, -0.1) is 0 Å². The maximum Gasteiger partial charge on any atom is 0.251 e. The van der Waals surface area contributed by atoms with Crippen LogP contribution in [0.4, 0.5) is 29.1 Å². The van der Waals surface area contributed by atoms with Crippen LogP contribution in [-0.4, -0.2) is 10.9 Å². The molecule has 2 N–H and O–H groups in total.